The van der Waals surface area contributed by atoms with Gasteiger partial charge in [-0.25, -0.2) is 0 Å². The quantitative estimate of drug-likeness (QED) is 0.713. The number of hydrogen-bond donors (Lipinski definition) is 1. The number of benzene rings is 2. The summed E-state index contributed by atoms with van der Waals surface area (Å²) in [5.41, 5.74) is 2.58. The van der Waals surface area contributed by atoms with Crippen molar-refractivity contribution in [3.8, 4) is 0 Å². The smallest absolute Gasteiger partial charge is 0.0409 e. The Balaban J connectivity index is 2.15. The van der Waals surface area contributed by atoms with E-state index in [1.165, 1.54) is 11.1 Å². The van der Waals surface area contributed by atoms with Gasteiger partial charge in [0.15, 0.2) is 0 Å². The Labute approximate surface area is 133 Å². The van der Waals surface area contributed by atoms with Crippen LogP contribution in [0.3, 0.4) is 0 Å². The minimum Gasteiger partial charge on any atom is -0.303 e. The van der Waals surface area contributed by atoms with Gasteiger partial charge in [0, 0.05) is 17.1 Å². The van der Waals surface area contributed by atoms with Gasteiger partial charge in [0.05, 0.1) is 0 Å². The second-order valence-corrected chi connectivity index (χ2v) is 6.47. The molecule has 2 atom stereocenters. The Morgan fingerprint density at radius 3 is 2.19 bits per heavy atom. The van der Waals surface area contributed by atoms with E-state index in [1.807, 2.05) is 18.2 Å². The third-order valence-electron chi connectivity index (χ3n) is 3.71. The highest BCUT2D eigenvalue weighted by Crippen LogP contribution is 2.26. The first-order chi connectivity index (χ1) is 10.1. The normalized spacial score (nSPS) is 14.1. The summed E-state index contributed by atoms with van der Waals surface area (Å²) >= 11 is 6.10. The first kappa shape index (κ1) is 16.1. The van der Waals surface area contributed by atoms with Crippen LogP contribution in [0.15, 0.2) is 54.6 Å². The molecule has 0 aliphatic carbocycles. The number of halogens is 1. The fraction of sp³-hybridized carbons (Fsp3) is 0.368. The van der Waals surface area contributed by atoms with Gasteiger partial charge in [-0.3, -0.25) is 0 Å². The molecule has 0 spiro atoms. The lowest BCUT2D eigenvalue weighted by Crippen LogP contribution is -2.26. The van der Waals surface area contributed by atoms with E-state index in [1.54, 1.807) is 0 Å². The first-order valence-corrected chi connectivity index (χ1v) is 8.00. The van der Waals surface area contributed by atoms with Crippen LogP contribution in [0, 0.1) is 5.92 Å². The molecule has 0 aliphatic rings. The molecule has 0 bridgehead atoms. The lowest BCUT2D eigenvalue weighted by atomic mass is 9.95. The molecule has 2 heteroatoms. The number of nitrogens with one attached hydrogen (secondary N) is 1. The molecule has 0 fully saturated rings. The summed E-state index contributed by atoms with van der Waals surface area (Å²) in [5, 5.41) is 4.54. The van der Waals surface area contributed by atoms with E-state index in [0.29, 0.717) is 12.0 Å². The molecule has 21 heavy (non-hydrogen) atoms. The zero-order chi connectivity index (χ0) is 15.2. The SMILES string of the molecule is CC(C)CC(NC(C)c1cccc(Cl)c1)c1ccccc1. The molecule has 1 N–H and O–H groups in total. The summed E-state index contributed by atoms with van der Waals surface area (Å²) < 4.78 is 0. The maximum atomic E-state index is 6.10. The van der Waals surface area contributed by atoms with E-state index in [4.69, 9.17) is 11.6 Å². The summed E-state index contributed by atoms with van der Waals surface area (Å²) in [7, 11) is 0. The maximum absolute atomic E-state index is 6.10. The van der Waals surface area contributed by atoms with Crippen LogP contribution in [0.1, 0.15) is 50.4 Å². The zero-order valence-corrected chi connectivity index (χ0v) is 13.8. The Bertz CT molecular complexity index is 551. The van der Waals surface area contributed by atoms with E-state index in [0.717, 1.165) is 11.4 Å². The summed E-state index contributed by atoms with van der Waals surface area (Å²) in [5.74, 6) is 0.647. The summed E-state index contributed by atoms with van der Waals surface area (Å²) in [4.78, 5) is 0. The van der Waals surface area contributed by atoms with Gasteiger partial charge in [0.25, 0.3) is 0 Å². The average Bonchev–Trinajstić information content (AvgIpc) is 2.47. The van der Waals surface area contributed by atoms with Crippen molar-refractivity contribution >= 4 is 11.6 Å². The Morgan fingerprint density at radius 2 is 1.57 bits per heavy atom. The van der Waals surface area contributed by atoms with Crippen LogP contribution in [-0.2, 0) is 0 Å². The van der Waals surface area contributed by atoms with Crippen molar-refractivity contribution in [3.63, 3.8) is 0 Å². The highest BCUT2D eigenvalue weighted by atomic mass is 35.5. The van der Waals surface area contributed by atoms with Crippen LogP contribution in [0.5, 0.6) is 0 Å². The van der Waals surface area contributed by atoms with Gasteiger partial charge in [-0.15, -0.1) is 0 Å². The van der Waals surface area contributed by atoms with Gasteiger partial charge in [0.1, 0.15) is 0 Å². The van der Waals surface area contributed by atoms with Gasteiger partial charge in [0.2, 0.25) is 0 Å². The van der Waals surface area contributed by atoms with Crippen LogP contribution >= 0.6 is 11.6 Å². The van der Waals surface area contributed by atoms with Crippen LogP contribution in [0.2, 0.25) is 5.02 Å². The van der Waals surface area contributed by atoms with Crippen LogP contribution in [0.25, 0.3) is 0 Å². The van der Waals surface area contributed by atoms with Crippen molar-refractivity contribution < 1.29 is 0 Å². The molecule has 0 radical (unpaired) electrons. The molecular weight excluding hydrogens is 278 g/mol. The minimum atomic E-state index is 0.271. The van der Waals surface area contributed by atoms with E-state index < -0.39 is 0 Å². The molecular formula is C19H24ClN. The van der Waals surface area contributed by atoms with Gasteiger partial charge in [-0.2, -0.15) is 0 Å². The predicted molar refractivity (Wildman–Crippen MR) is 91.6 cm³/mol. The van der Waals surface area contributed by atoms with Crippen LogP contribution in [-0.4, -0.2) is 0 Å². The van der Waals surface area contributed by atoms with Gasteiger partial charge in [-0.1, -0.05) is 67.9 Å². The third-order valence-corrected chi connectivity index (χ3v) is 3.94. The number of hydrogen-bond acceptors (Lipinski definition) is 1. The van der Waals surface area contributed by atoms with E-state index in [9.17, 15) is 0 Å². The Kier molecular flexibility index (Phi) is 5.84. The molecule has 112 valence electrons. The van der Waals surface area contributed by atoms with Gasteiger partial charge in [-0.05, 0) is 42.5 Å². The molecule has 0 heterocycles. The average molecular weight is 302 g/mol. The Morgan fingerprint density at radius 1 is 0.905 bits per heavy atom. The molecule has 2 aromatic carbocycles. The molecule has 2 rings (SSSR count). The molecule has 0 saturated heterocycles. The fourth-order valence-electron chi connectivity index (χ4n) is 2.63. The van der Waals surface area contributed by atoms with E-state index in [2.05, 4.69) is 62.5 Å². The van der Waals surface area contributed by atoms with Crippen molar-refractivity contribution in [1.29, 1.82) is 0 Å². The lowest BCUT2D eigenvalue weighted by Gasteiger charge is -2.26. The summed E-state index contributed by atoms with van der Waals surface area (Å²) in [6.45, 7) is 6.73. The number of rotatable bonds is 6. The van der Waals surface area contributed by atoms with Crippen LogP contribution < -0.4 is 5.32 Å². The Hall–Kier alpha value is -1.31. The second kappa shape index (κ2) is 7.63. The van der Waals surface area contributed by atoms with Crippen LogP contribution in [0.4, 0.5) is 0 Å². The monoisotopic (exact) mass is 301 g/mol. The van der Waals surface area contributed by atoms with Crippen molar-refractivity contribution in [1.82, 2.24) is 5.32 Å². The molecule has 1 nitrogen and oxygen atoms in total. The topological polar surface area (TPSA) is 12.0 Å². The van der Waals surface area contributed by atoms with Crippen molar-refractivity contribution in [2.45, 2.75) is 39.3 Å². The van der Waals surface area contributed by atoms with E-state index >= 15 is 0 Å². The highest BCUT2D eigenvalue weighted by Gasteiger charge is 2.16. The van der Waals surface area contributed by atoms with Gasteiger partial charge >= 0.3 is 0 Å². The standard InChI is InChI=1S/C19H24ClN/c1-14(2)12-19(16-8-5-4-6-9-16)21-15(3)17-10-7-11-18(20)13-17/h4-11,13-15,19,21H,12H2,1-3H3. The van der Waals surface area contributed by atoms with Gasteiger partial charge < -0.3 is 5.32 Å². The third kappa shape index (κ3) is 4.87. The molecule has 0 aromatic heterocycles. The lowest BCUT2D eigenvalue weighted by molar-refractivity contribution is 0.394. The first-order valence-electron chi connectivity index (χ1n) is 7.62. The largest absolute Gasteiger partial charge is 0.303 e. The summed E-state index contributed by atoms with van der Waals surface area (Å²) in [6.07, 6.45) is 1.12. The minimum absolute atomic E-state index is 0.271. The molecule has 0 aliphatic heterocycles. The molecule has 0 saturated carbocycles. The molecule has 0 amide bonds. The zero-order valence-electron chi connectivity index (χ0n) is 13.0. The van der Waals surface area contributed by atoms with E-state index in [-0.39, 0.29) is 6.04 Å². The van der Waals surface area contributed by atoms with Crippen molar-refractivity contribution in [2.24, 2.45) is 5.92 Å². The maximum Gasteiger partial charge on any atom is 0.0409 e. The predicted octanol–water partition coefficient (Wildman–Crippen LogP) is 5.78. The molecule has 2 aromatic rings. The van der Waals surface area contributed by atoms with Crippen molar-refractivity contribution in [2.75, 3.05) is 0 Å². The second-order valence-electron chi connectivity index (χ2n) is 6.04. The summed E-state index contributed by atoms with van der Waals surface area (Å²) in [6, 6.07) is 19.4. The van der Waals surface area contributed by atoms with Crippen molar-refractivity contribution in [3.05, 3.63) is 70.7 Å². The molecule has 2 unspecified atom stereocenters. The highest BCUT2D eigenvalue weighted by molar-refractivity contribution is 6.30. The fourth-order valence-corrected chi connectivity index (χ4v) is 2.83.